The number of halogens is 1. The number of imide groups is 1. The van der Waals surface area contributed by atoms with Gasteiger partial charge in [0.15, 0.2) is 0 Å². The smallest absolute Gasteiger partial charge is 0.325 e. The lowest BCUT2D eigenvalue weighted by Gasteiger charge is -2.18. The highest BCUT2D eigenvalue weighted by Gasteiger charge is 2.36. The lowest BCUT2D eigenvalue weighted by atomic mass is 10.1. The minimum atomic E-state index is -1.04. The SMILES string of the molecule is C[C@H](Nc1cc(N2C(=O)c3ccccc3C2=O)ccc1Cl)C(=O)O. The Hall–Kier alpha value is -2.86. The van der Waals surface area contributed by atoms with Crippen LogP contribution in [0.3, 0.4) is 0 Å². The second kappa shape index (κ2) is 5.98. The third kappa shape index (κ3) is 2.61. The van der Waals surface area contributed by atoms with Gasteiger partial charge in [0, 0.05) is 0 Å². The fraction of sp³-hybridized carbons (Fsp3) is 0.118. The van der Waals surface area contributed by atoms with Gasteiger partial charge in [-0.25, -0.2) is 4.90 Å². The summed E-state index contributed by atoms with van der Waals surface area (Å²) in [5.74, 6) is -1.89. The summed E-state index contributed by atoms with van der Waals surface area (Å²) in [5.41, 5.74) is 1.34. The summed E-state index contributed by atoms with van der Waals surface area (Å²) in [7, 11) is 0. The molecule has 0 aliphatic carbocycles. The van der Waals surface area contributed by atoms with Crippen LogP contribution in [0.5, 0.6) is 0 Å². The molecule has 2 aromatic carbocycles. The van der Waals surface area contributed by atoms with Crippen LogP contribution >= 0.6 is 11.6 Å². The summed E-state index contributed by atoms with van der Waals surface area (Å²) in [5, 5.41) is 12.0. The Labute approximate surface area is 142 Å². The molecule has 1 aliphatic rings. The first-order valence-corrected chi connectivity index (χ1v) is 7.54. The van der Waals surface area contributed by atoms with Gasteiger partial charge >= 0.3 is 5.97 Å². The number of carbonyl (C=O) groups is 3. The van der Waals surface area contributed by atoms with E-state index in [9.17, 15) is 14.4 Å². The van der Waals surface area contributed by atoms with Crippen molar-refractivity contribution < 1.29 is 19.5 Å². The number of carbonyl (C=O) groups excluding carboxylic acids is 2. The molecule has 122 valence electrons. The van der Waals surface area contributed by atoms with E-state index in [4.69, 9.17) is 16.7 Å². The molecule has 1 aliphatic heterocycles. The highest BCUT2D eigenvalue weighted by Crippen LogP contribution is 2.33. The van der Waals surface area contributed by atoms with Gasteiger partial charge in [-0.2, -0.15) is 0 Å². The minimum absolute atomic E-state index is 0.295. The lowest BCUT2D eigenvalue weighted by Crippen LogP contribution is -2.30. The molecule has 0 radical (unpaired) electrons. The van der Waals surface area contributed by atoms with Crippen LogP contribution in [0.15, 0.2) is 42.5 Å². The molecule has 0 spiro atoms. The van der Waals surface area contributed by atoms with Crippen molar-refractivity contribution in [2.45, 2.75) is 13.0 Å². The molecule has 0 saturated heterocycles. The van der Waals surface area contributed by atoms with Crippen molar-refractivity contribution in [1.82, 2.24) is 0 Å². The van der Waals surface area contributed by atoms with E-state index >= 15 is 0 Å². The van der Waals surface area contributed by atoms with E-state index in [2.05, 4.69) is 5.32 Å². The van der Waals surface area contributed by atoms with E-state index in [0.717, 1.165) is 4.90 Å². The standard InChI is InChI=1S/C17H13ClN2O4/c1-9(17(23)24)19-14-8-10(6-7-13(14)18)20-15(21)11-4-2-3-5-12(11)16(20)22/h2-9,19H,1H3,(H,23,24)/t9-/m0/s1. The maximum absolute atomic E-state index is 12.5. The summed E-state index contributed by atoms with van der Waals surface area (Å²) < 4.78 is 0. The zero-order chi connectivity index (χ0) is 17.4. The molecule has 2 amide bonds. The van der Waals surface area contributed by atoms with E-state index < -0.39 is 23.8 Å². The maximum Gasteiger partial charge on any atom is 0.325 e. The molecule has 0 fully saturated rings. The Kier molecular flexibility index (Phi) is 3.99. The molecule has 1 heterocycles. The van der Waals surface area contributed by atoms with Gasteiger partial charge in [-0.15, -0.1) is 0 Å². The molecule has 2 aromatic rings. The molecule has 0 unspecified atom stereocenters. The predicted octanol–water partition coefficient (Wildman–Crippen LogP) is 3.03. The molecule has 6 nitrogen and oxygen atoms in total. The Morgan fingerprint density at radius 3 is 2.25 bits per heavy atom. The predicted molar refractivity (Wildman–Crippen MR) is 89.8 cm³/mol. The third-order valence-corrected chi connectivity index (χ3v) is 4.07. The number of rotatable bonds is 4. The molecule has 3 rings (SSSR count). The lowest BCUT2D eigenvalue weighted by molar-refractivity contribution is -0.137. The second-order valence-corrected chi connectivity index (χ2v) is 5.77. The first-order valence-electron chi connectivity index (χ1n) is 7.17. The summed E-state index contributed by atoms with van der Waals surface area (Å²) >= 11 is 6.07. The molecular weight excluding hydrogens is 332 g/mol. The number of carboxylic acids is 1. The van der Waals surface area contributed by atoms with Crippen LogP contribution in [-0.2, 0) is 4.79 Å². The Bertz CT molecular complexity index is 830. The monoisotopic (exact) mass is 344 g/mol. The summed E-state index contributed by atoms with van der Waals surface area (Å²) in [6.07, 6.45) is 0. The minimum Gasteiger partial charge on any atom is -0.480 e. The Balaban J connectivity index is 1.98. The van der Waals surface area contributed by atoms with Crippen molar-refractivity contribution in [2.75, 3.05) is 10.2 Å². The highest BCUT2D eigenvalue weighted by atomic mass is 35.5. The number of carboxylic acid groups (broad SMARTS) is 1. The van der Waals surface area contributed by atoms with Crippen molar-refractivity contribution in [3.05, 3.63) is 58.6 Å². The Morgan fingerprint density at radius 2 is 1.71 bits per heavy atom. The van der Waals surface area contributed by atoms with Crippen molar-refractivity contribution in [3.63, 3.8) is 0 Å². The zero-order valence-corrected chi connectivity index (χ0v) is 13.4. The average molecular weight is 345 g/mol. The molecule has 0 saturated carbocycles. The van der Waals surface area contributed by atoms with Gasteiger partial charge in [-0.05, 0) is 37.3 Å². The van der Waals surface area contributed by atoms with Crippen molar-refractivity contribution in [3.8, 4) is 0 Å². The van der Waals surface area contributed by atoms with Gasteiger partial charge in [0.05, 0.1) is 27.5 Å². The van der Waals surface area contributed by atoms with E-state index in [1.807, 2.05) is 0 Å². The normalized spacial score (nSPS) is 14.5. The number of hydrogen-bond donors (Lipinski definition) is 2. The topological polar surface area (TPSA) is 86.7 Å². The van der Waals surface area contributed by atoms with Crippen molar-refractivity contribution in [2.24, 2.45) is 0 Å². The second-order valence-electron chi connectivity index (χ2n) is 5.36. The number of aliphatic carboxylic acids is 1. The molecule has 7 heteroatoms. The number of hydrogen-bond acceptors (Lipinski definition) is 4. The molecule has 2 N–H and O–H groups in total. The largest absolute Gasteiger partial charge is 0.480 e. The molecule has 0 aromatic heterocycles. The first kappa shape index (κ1) is 16.0. The number of nitrogens with zero attached hydrogens (tertiary/aromatic N) is 1. The fourth-order valence-electron chi connectivity index (χ4n) is 2.48. The van der Waals surface area contributed by atoms with Crippen molar-refractivity contribution >= 4 is 40.8 Å². The van der Waals surface area contributed by atoms with Gasteiger partial charge in [0.2, 0.25) is 0 Å². The summed E-state index contributed by atoms with van der Waals surface area (Å²) in [6, 6.07) is 10.2. The van der Waals surface area contributed by atoms with Crippen LogP contribution in [0.2, 0.25) is 5.02 Å². The van der Waals surface area contributed by atoms with Crippen molar-refractivity contribution in [1.29, 1.82) is 0 Å². The molecular formula is C17H13ClN2O4. The quantitative estimate of drug-likeness (QED) is 0.832. The maximum atomic E-state index is 12.5. The van der Waals surface area contributed by atoms with Gasteiger partial charge in [0.1, 0.15) is 6.04 Å². The Morgan fingerprint density at radius 1 is 1.12 bits per heavy atom. The van der Waals surface area contributed by atoms with Crippen LogP contribution in [0.1, 0.15) is 27.6 Å². The number of anilines is 2. The van der Waals surface area contributed by atoms with Crippen LogP contribution in [0.4, 0.5) is 11.4 Å². The molecule has 24 heavy (non-hydrogen) atoms. The van der Waals surface area contributed by atoms with Gasteiger partial charge in [-0.1, -0.05) is 23.7 Å². The molecule has 1 atom stereocenters. The summed E-state index contributed by atoms with van der Waals surface area (Å²) in [4.78, 5) is 37.0. The number of fused-ring (bicyclic) bond motifs is 1. The number of amides is 2. The van der Waals surface area contributed by atoms with Gasteiger partial charge in [0.25, 0.3) is 11.8 Å². The first-order chi connectivity index (χ1) is 11.4. The third-order valence-electron chi connectivity index (χ3n) is 3.74. The fourth-order valence-corrected chi connectivity index (χ4v) is 2.65. The molecule has 0 bridgehead atoms. The van der Waals surface area contributed by atoms with Gasteiger partial charge in [-0.3, -0.25) is 14.4 Å². The summed E-state index contributed by atoms with van der Waals surface area (Å²) in [6.45, 7) is 1.47. The van der Waals surface area contributed by atoms with Crippen LogP contribution < -0.4 is 10.2 Å². The van der Waals surface area contributed by atoms with Crippen LogP contribution in [0.25, 0.3) is 0 Å². The highest BCUT2D eigenvalue weighted by molar-refractivity contribution is 6.36. The van der Waals surface area contributed by atoms with Gasteiger partial charge < -0.3 is 10.4 Å². The zero-order valence-electron chi connectivity index (χ0n) is 12.6. The van der Waals surface area contributed by atoms with Crippen LogP contribution in [-0.4, -0.2) is 28.9 Å². The average Bonchev–Trinajstić information content (AvgIpc) is 2.81. The van der Waals surface area contributed by atoms with Crippen LogP contribution in [0, 0.1) is 0 Å². The number of nitrogens with one attached hydrogen (secondary N) is 1. The van der Waals surface area contributed by atoms with E-state index in [0.29, 0.717) is 27.5 Å². The number of benzene rings is 2. The van der Waals surface area contributed by atoms with E-state index in [1.54, 1.807) is 30.3 Å². The van der Waals surface area contributed by atoms with E-state index in [1.165, 1.54) is 19.1 Å². The van der Waals surface area contributed by atoms with E-state index in [-0.39, 0.29) is 0 Å².